The van der Waals surface area contributed by atoms with Gasteiger partial charge >= 0.3 is 0 Å². The molecule has 3 aromatic heterocycles. The average molecular weight is 422 g/mol. The van der Waals surface area contributed by atoms with Crippen LogP contribution in [0.3, 0.4) is 0 Å². The van der Waals surface area contributed by atoms with Crippen LogP contribution in [-0.4, -0.2) is 45.6 Å². The van der Waals surface area contributed by atoms with Gasteiger partial charge in [0, 0.05) is 37.0 Å². The third kappa shape index (κ3) is 3.44. The summed E-state index contributed by atoms with van der Waals surface area (Å²) >= 11 is 1.48. The van der Waals surface area contributed by atoms with E-state index in [1.54, 1.807) is 22.7 Å². The first-order valence-electron chi connectivity index (χ1n) is 9.48. The van der Waals surface area contributed by atoms with Crippen molar-refractivity contribution in [3.63, 3.8) is 0 Å². The van der Waals surface area contributed by atoms with Crippen molar-refractivity contribution >= 4 is 27.4 Å². The molecule has 3 aromatic rings. The number of aryl methyl sites for hydroxylation is 1. The maximum absolute atomic E-state index is 12.8. The van der Waals surface area contributed by atoms with Crippen LogP contribution in [0.25, 0.3) is 5.65 Å². The van der Waals surface area contributed by atoms with Gasteiger partial charge in [0.2, 0.25) is 10.0 Å². The molecule has 0 N–H and O–H groups in total. The minimum absolute atomic E-state index is 0.240. The lowest BCUT2D eigenvalue weighted by atomic mass is 9.97. The van der Waals surface area contributed by atoms with E-state index in [2.05, 4.69) is 15.4 Å². The molecule has 0 saturated carbocycles. The highest BCUT2D eigenvalue weighted by molar-refractivity contribution is 7.98. The third-order valence-electron chi connectivity index (χ3n) is 5.06. The number of thioether (sulfide) groups is 1. The molecule has 0 fully saturated rings. The van der Waals surface area contributed by atoms with Crippen LogP contribution in [0.5, 0.6) is 0 Å². The Morgan fingerprint density at radius 1 is 1.18 bits per heavy atom. The number of fused-ring (bicyclic) bond motifs is 2. The van der Waals surface area contributed by atoms with Gasteiger partial charge in [-0.3, -0.25) is 4.40 Å². The first-order valence-corrected chi connectivity index (χ1v) is 11.9. The molecule has 4 rings (SSSR count). The molecule has 0 bridgehead atoms. The van der Waals surface area contributed by atoms with Crippen molar-refractivity contribution in [1.29, 1.82) is 0 Å². The summed E-state index contributed by atoms with van der Waals surface area (Å²) in [5, 5.41) is 13.2. The summed E-state index contributed by atoms with van der Waals surface area (Å²) in [6.07, 6.45) is 5.86. The molecule has 1 aliphatic rings. The Balaban J connectivity index is 1.61. The van der Waals surface area contributed by atoms with E-state index in [1.165, 1.54) is 21.6 Å². The summed E-state index contributed by atoms with van der Waals surface area (Å²) < 4.78 is 34.3. The topological polar surface area (TPSA) is 93.6 Å². The molecule has 0 aliphatic heterocycles. The Kier molecular flexibility index (Phi) is 5.44. The van der Waals surface area contributed by atoms with Gasteiger partial charge in [-0.05, 0) is 31.4 Å². The Bertz CT molecular complexity index is 1090. The van der Waals surface area contributed by atoms with Crippen LogP contribution in [-0.2, 0) is 28.6 Å². The van der Waals surface area contributed by atoms with E-state index in [0.29, 0.717) is 29.6 Å². The Hall–Kier alpha value is -1.91. The Morgan fingerprint density at radius 2 is 1.96 bits per heavy atom. The molecule has 0 aromatic carbocycles. The minimum atomic E-state index is -3.54. The highest BCUT2D eigenvalue weighted by Crippen LogP contribution is 2.29. The normalized spacial score (nSPS) is 14.7. The van der Waals surface area contributed by atoms with Crippen molar-refractivity contribution < 1.29 is 12.9 Å². The van der Waals surface area contributed by atoms with Crippen LogP contribution in [0, 0.1) is 0 Å². The van der Waals surface area contributed by atoms with Gasteiger partial charge < -0.3 is 4.52 Å². The van der Waals surface area contributed by atoms with E-state index < -0.39 is 10.0 Å². The van der Waals surface area contributed by atoms with Crippen LogP contribution >= 0.6 is 11.8 Å². The van der Waals surface area contributed by atoms with Gasteiger partial charge in [0.05, 0.1) is 10.6 Å². The molecular weight excluding hydrogens is 398 g/mol. The molecule has 1 aliphatic carbocycles. The first kappa shape index (κ1) is 19.4. The van der Waals surface area contributed by atoms with Crippen LogP contribution in [0.1, 0.15) is 43.7 Å². The minimum Gasteiger partial charge on any atom is -0.361 e. The molecule has 10 heteroatoms. The van der Waals surface area contributed by atoms with E-state index in [-0.39, 0.29) is 4.90 Å². The number of nitrogens with zero attached hydrogens (tertiary/aromatic N) is 5. The van der Waals surface area contributed by atoms with Crippen LogP contribution in [0.4, 0.5) is 0 Å². The fourth-order valence-electron chi connectivity index (χ4n) is 3.51. The summed E-state index contributed by atoms with van der Waals surface area (Å²) in [7, 11) is -3.54. The molecule has 0 atom stereocenters. The second kappa shape index (κ2) is 7.84. The number of hydrogen-bond donors (Lipinski definition) is 0. The van der Waals surface area contributed by atoms with Gasteiger partial charge in [0.25, 0.3) is 0 Å². The quantitative estimate of drug-likeness (QED) is 0.541. The molecule has 28 heavy (non-hydrogen) atoms. The van der Waals surface area contributed by atoms with Crippen molar-refractivity contribution in [1.82, 2.24) is 24.1 Å². The summed E-state index contributed by atoms with van der Waals surface area (Å²) in [4.78, 5) is 0.240. The molecule has 0 amide bonds. The van der Waals surface area contributed by atoms with Crippen LogP contribution in [0.15, 0.2) is 32.9 Å². The summed E-state index contributed by atoms with van der Waals surface area (Å²) in [5.41, 5.74) is 2.78. The zero-order valence-corrected chi connectivity index (χ0v) is 17.6. The van der Waals surface area contributed by atoms with E-state index in [4.69, 9.17) is 4.52 Å². The highest BCUT2D eigenvalue weighted by Gasteiger charge is 2.23. The highest BCUT2D eigenvalue weighted by atomic mass is 32.2. The zero-order chi connectivity index (χ0) is 19.7. The molecule has 0 unspecified atom stereocenters. The van der Waals surface area contributed by atoms with Gasteiger partial charge in [0.1, 0.15) is 5.76 Å². The van der Waals surface area contributed by atoms with Crippen molar-refractivity contribution in [2.75, 3.05) is 13.1 Å². The predicted octanol–water partition coefficient (Wildman–Crippen LogP) is 2.92. The summed E-state index contributed by atoms with van der Waals surface area (Å²) in [6.45, 7) is 4.52. The molecule has 0 radical (unpaired) electrons. The van der Waals surface area contributed by atoms with Gasteiger partial charge in [-0.15, -0.1) is 10.2 Å². The fourth-order valence-corrected chi connectivity index (χ4v) is 5.84. The second-order valence-corrected chi connectivity index (χ2v) is 9.57. The van der Waals surface area contributed by atoms with Crippen molar-refractivity contribution in [2.24, 2.45) is 0 Å². The maximum Gasteiger partial charge on any atom is 0.244 e. The van der Waals surface area contributed by atoms with Crippen molar-refractivity contribution in [2.45, 2.75) is 55.3 Å². The predicted molar refractivity (Wildman–Crippen MR) is 106 cm³/mol. The number of hydrogen-bond acceptors (Lipinski definition) is 7. The lowest BCUT2D eigenvalue weighted by Gasteiger charge is -2.18. The maximum atomic E-state index is 12.8. The SMILES string of the molecule is CCN(CC)S(=O)(=O)c1ccc2nnc(SCc3noc4c3CCCC4)n2c1. The standard InChI is InChI=1S/C18H23N5O3S2/c1-3-22(4-2)28(24,25)13-9-10-17-19-20-18(23(17)11-13)27-12-15-14-7-5-6-8-16(14)26-21-15/h9-11H,3-8,12H2,1-2H3. The van der Waals surface area contributed by atoms with Gasteiger partial charge in [-0.1, -0.05) is 30.8 Å². The molecule has 0 saturated heterocycles. The van der Waals surface area contributed by atoms with E-state index in [9.17, 15) is 8.42 Å². The zero-order valence-electron chi connectivity index (χ0n) is 16.0. The Labute approximate surface area is 168 Å². The number of pyridine rings is 1. The lowest BCUT2D eigenvalue weighted by Crippen LogP contribution is -2.30. The lowest BCUT2D eigenvalue weighted by molar-refractivity contribution is 0.369. The summed E-state index contributed by atoms with van der Waals surface area (Å²) in [5.74, 6) is 1.62. The number of rotatable bonds is 7. The van der Waals surface area contributed by atoms with Gasteiger partial charge in [-0.2, -0.15) is 4.31 Å². The average Bonchev–Trinajstić information content (AvgIpc) is 3.30. The number of sulfonamides is 1. The Morgan fingerprint density at radius 3 is 2.75 bits per heavy atom. The van der Waals surface area contributed by atoms with Crippen LogP contribution < -0.4 is 0 Å². The third-order valence-corrected chi connectivity index (χ3v) is 8.04. The van der Waals surface area contributed by atoms with Gasteiger partial charge in [0.15, 0.2) is 10.8 Å². The molecule has 150 valence electrons. The van der Waals surface area contributed by atoms with Crippen LogP contribution in [0.2, 0.25) is 0 Å². The van der Waals surface area contributed by atoms with Crippen molar-refractivity contribution in [3.8, 4) is 0 Å². The molecular formula is C18H23N5O3S2. The van der Waals surface area contributed by atoms with E-state index >= 15 is 0 Å². The molecule has 3 heterocycles. The fraction of sp³-hybridized carbons (Fsp3) is 0.500. The first-order chi connectivity index (χ1) is 13.5. The van der Waals surface area contributed by atoms with Crippen molar-refractivity contribution in [3.05, 3.63) is 35.3 Å². The molecule has 0 spiro atoms. The smallest absolute Gasteiger partial charge is 0.244 e. The monoisotopic (exact) mass is 421 g/mol. The number of aromatic nitrogens is 4. The van der Waals surface area contributed by atoms with Gasteiger partial charge in [-0.25, -0.2) is 8.42 Å². The van der Waals surface area contributed by atoms with E-state index in [1.807, 2.05) is 13.8 Å². The second-order valence-electron chi connectivity index (χ2n) is 6.69. The largest absolute Gasteiger partial charge is 0.361 e. The molecule has 8 nitrogen and oxygen atoms in total. The summed E-state index contributed by atoms with van der Waals surface area (Å²) in [6, 6.07) is 3.27. The van der Waals surface area contributed by atoms with E-state index in [0.717, 1.165) is 37.1 Å².